The zero-order chi connectivity index (χ0) is 21.5. The summed E-state index contributed by atoms with van der Waals surface area (Å²) in [4.78, 5) is 49.5. The smallest absolute Gasteiger partial charge is 0.412 e. The van der Waals surface area contributed by atoms with Gasteiger partial charge >= 0.3 is 80.8 Å². The second kappa shape index (κ2) is 89.5. The summed E-state index contributed by atoms with van der Waals surface area (Å²) >= 11 is 0. The monoisotopic (exact) mass is 784 g/mol. The normalized spacial score (nSPS) is 4.50. The van der Waals surface area contributed by atoms with E-state index in [2.05, 4.69) is 0 Å². The molecule has 0 atom stereocenters. The van der Waals surface area contributed by atoms with Crippen LogP contribution < -0.4 is 0 Å². The Morgan fingerprint density at radius 1 is 0.250 bits per heavy atom. The van der Waals surface area contributed by atoms with Crippen LogP contribution >= 0.6 is 0 Å². The summed E-state index contributed by atoms with van der Waals surface area (Å²) in [6.45, 7) is 0. The van der Waals surface area contributed by atoms with Gasteiger partial charge in [0.05, 0.1) is 30.5 Å². The molecule has 0 unspecified atom stereocenters. The molecule has 2 radical (unpaired) electrons. The average Bonchev–Trinajstić information content (AvgIpc) is 2.08. The Kier molecular flexibility index (Phi) is 278. The van der Waals surface area contributed by atoms with Crippen molar-refractivity contribution >= 4 is 0 Å². The summed E-state index contributed by atoms with van der Waals surface area (Å²) < 4.78 is 0. The fourth-order valence-corrected chi connectivity index (χ4v) is 0. The molecule has 0 aromatic carbocycles. The summed E-state index contributed by atoms with van der Waals surface area (Å²) in [7, 11) is 0. The molecule has 0 aliphatic rings. The SMILES string of the molecule is O.O.O.O.O.O.O=[N+]([O-])[O-].O=[N+]([O-])[O-].O=[N+]([O-])[O-].O=[N+]([O-])[O-].O=[N+]([O-])[O-].O=[N+]([O-])[O-].[Sm+3].[Sm+3]. The molecule has 0 fully saturated rings. The molecule has 0 saturated carbocycles. The molecule has 0 bridgehead atoms. The van der Waals surface area contributed by atoms with Crippen molar-refractivity contribution < 1.29 is 144 Å². The van der Waals surface area contributed by atoms with Crippen molar-refractivity contribution in [3.05, 3.63) is 91.9 Å². The van der Waals surface area contributed by atoms with E-state index in [4.69, 9.17) is 91.9 Å². The average molecular weight is 781 g/mol. The first-order valence-electron chi connectivity index (χ1n) is 3.29. The molecule has 0 rings (SSSR count). The van der Waals surface area contributed by atoms with Gasteiger partial charge in [0.25, 0.3) is 0 Å². The van der Waals surface area contributed by atoms with Crippen LogP contribution in [-0.2, 0) is 0 Å². The van der Waals surface area contributed by atoms with E-state index < -0.39 is 30.5 Å². The van der Waals surface area contributed by atoms with Crippen LogP contribution in [0, 0.1) is 173 Å². The molecular formula is H12N6O24Sm2. The second-order valence-corrected chi connectivity index (χ2v) is 1.34. The maximum absolute atomic E-state index is 8.25. The third kappa shape index (κ3) is 3510. The van der Waals surface area contributed by atoms with Gasteiger partial charge < -0.3 is 125 Å². The zero-order valence-electron chi connectivity index (χ0n) is 13.8. The van der Waals surface area contributed by atoms with E-state index in [0.29, 0.717) is 0 Å². The van der Waals surface area contributed by atoms with Crippen LogP contribution in [0.3, 0.4) is 0 Å². The van der Waals surface area contributed by atoms with Crippen LogP contribution in [0.5, 0.6) is 0 Å². The quantitative estimate of drug-likeness (QED) is 0.163. The Balaban J connectivity index is -0.00000000964. The van der Waals surface area contributed by atoms with E-state index in [1.54, 1.807) is 0 Å². The minimum atomic E-state index is -1.75. The van der Waals surface area contributed by atoms with E-state index in [1.165, 1.54) is 0 Å². The molecule has 0 aliphatic heterocycles. The zero-order valence-corrected chi connectivity index (χ0v) is 19.1. The van der Waals surface area contributed by atoms with Gasteiger partial charge in [-0.25, -0.2) is 0 Å². The number of hydrogen-bond donors (Lipinski definition) is 0. The molecule has 0 amide bonds. The van der Waals surface area contributed by atoms with Crippen molar-refractivity contribution in [2.75, 3.05) is 0 Å². The molecule has 30 nitrogen and oxygen atoms in total. The van der Waals surface area contributed by atoms with E-state index in [1.807, 2.05) is 0 Å². The van der Waals surface area contributed by atoms with Crippen LogP contribution in [0.4, 0.5) is 0 Å². The van der Waals surface area contributed by atoms with E-state index in [-0.39, 0.29) is 114 Å². The van der Waals surface area contributed by atoms with Crippen LogP contribution in [-0.4, -0.2) is 63.4 Å². The van der Waals surface area contributed by atoms with Crippen molar-refractivity contribution in [3.8, 4) is 0 Å². The largest absolute Gasteiger partial charge is 3.00 e. The summed E-state index contributed by atoms with van der Waals surface area (Å²) in [6, 6.07) is 0. The van der Waals surface area contributed by atoms with Gasteiger partial charge in [-0.05, 0) is 0 Å². The first-order valence-corrected chi connectivity index (χ1v) is 3.29. The Bertz CT molecular complexity index is 264. The maximum atomic E-state index is 8.25. The minimum Gasteiger partial charge on any atom is -0.412 e. The molecule has 0 aliphatic carbocycles. The summed E-state index contributed by atoms with van der Waals surface area (Å²) in [5, 5.41) is 88.5. The van der Waals surface area contributed by atoms with Gasteiger partial charge in [-0.2, -0.15) is 0 Å². The first-order chi connectivity index (χ1) is 10.4. The molecule has 0 saturated heterocycles. The van der Waals surface area contributed by atoms with Crippen LogP contribution in [0.2, 0.25) is 0 Å². The molecule has 0 spiro atoms. The fraction of sp³-hybridized carbons (Fsp3) is 0. The Labute approximate surface area is 234 Å². The number of nitrogens with zero attached hydrogens (tertiary/aromatic N) is 6. The predicted octanol–water partition coefficient (Wildman–Crippen LogP) is -6.38. The second-order valence-electron chi connectivity index (χ2n) is 1.34. The van der Waals surface area contributed by atoms with Gasteiger partial charge in [0.15, 0.2) is 0 Å². The Morgan fingerprint density at radius 3 is 0.250 bits per heavy atom. The Hall–Kier alpha value is -2.36. The molecule has 32 heavy (non-hydrogen) atoms. The first kappa shape index (κ1) is 99.4. The summed E-state index contributed by atoms with van der Waals surface area (Å²) in [6.07, 6.45) is 0. The number of hydrogen-bond acceptors (Lipinski definition) is 18. The summed E-state index contributed by atoms with van der Waals surface area (Å²) in [5.41, 5.74) is 0. The van der Waals surface area contributed by atoms with Gasteiger partial charge in [0, 0.05) is 0 Å². The van der Waals surface area contributed by atoms with Gasteiger partial charge in [0.2, 0.25) is 0 Å². The Morgan fingerprint density at radius 2 is 0.250 bits per heavy atom. The van der Waals surface area contributed by atoms with Gasteiger partial charge in [-0.15, -0.1) is 0 Å². The number of rotatable bonds is 0. The molecule has 198 valence electrons. The molecule has 0 aromatic rings. The van der Waals surface area contributed by atoms with E-state index >= 15 is 0 Å². The fourth-order valence-electron chi connectivity index (χ4n) is 0. The third-order valence-electron chi connectivity index (χ3n) is 0. The topological polar surface area (TPSA) is 586 Å². The van der Waals surface area contributed by atoms with Gasteiger partial charge in [-0.1, -0.05) is 0 Å². The summed E-state index contributed by atoms with van der Waals surface area (Å²) in [5.74, 6) is 0. The van der Waals surface area contributed by atoms with Gasteiger partial charge in [-0.3, -0.25) is 0 Å². The molecule has 12 N–H and O–H groups in total. The van der Waals surface area contributed by atoms with E-state index in [0.717, 1.165) is 0 Å². The predicted molar refractivity (Wildman–Crippen MR) is 83.9 cm³/mol. The minimum absolute atomic E-state index is 0. The van der Waals surface area contributed by atoms with Crippen molar-refractivity contribution in [2.24, 2.45) is 0 Å². The standard InChI is InChI=1S/6NO3.6H2O.2Sm/c6*2-1(3)4;;;;;;;;/h;;;;;;6*1H2;;/q6*-1;;;;;;;2*+3. The molecule has 0 aromatic heterocycles. The van der Waals surface area contributed by atoms with E-state index in [9.17, 15) is 0 Å². The van der Waals surface area contributed by atoms with Crippen molar-refractivity contribution in [1.29, 1.82) is 0 Å². The van der Waals surface area contributed by atoms with Crippen molar-refractivity contribution in [2.45, 2.75) is 0 Å². The van der Waals surface area contributed by atoms with Crippen molar-refractivity contribution in [3.63, 3.8) is 0 Å². The third-order valence-corrected chi connectivity index (χ3v) is 0. The molecular weight excluding hydrogens is 769 g/mol. The van der Waals surface area contributed by atoms with Crippen LogP contribution in [0.1, 0.15) is 0 Å². The van der Waals surface area contributed by atoms with Gasteiger partial charge in [0.1, 0.15) is 0 Å². The molecule has 32 heteroatoms. The maximum Gasteiger partial charge on any atom is 3.00 e. The van der Waals surface area contributed by atoms with Crippen LogP contribution in [0.15, 0.2) is 0 Å². The molecule has 0 heterocycles. The van der Waals surface area contributed by atoms with Crippen LogP contribution in [0.25, 0.3) is 0 Å². The van der Waals surface area contributed by atoms with Crippen molar-refractivity contribution in [1.82, 2.24) is 0 Å².